The van der Waals surface area contributed by atoms with Crippen LogP contribution in [0.25, 0.3) is 0 Å². The summed E-state index contributed by atoms with van der Waals surface area (Å²) < 4.78 is 4.20. The highest BCUT2D eigenvalue weighted by Crippen LogP contribution is 2.27. The van der Waals surface area contributed by atoms with E-state index in [1.165, 1.54) is 11.5 Å². The first-order valence-electron chi connectivity index (χ1n) is 4.98. The van der Waals surface area contributed by atoms with E-state index in [-0.39, 0.29) is 12.3 Å². The Kier molecular flexibility index (Phi) is 2.86. The summed E-state index contributed by atoms with van der Waals surface area (Å²) in [5.74, 6) is 0.430. The molecule has 0 spiro atoms. The van der Waals surface area contributed by atoms with Gasteiger partial charge in [-0.25, -0.2) is 4.98 Å². The molecule has 15 heavy (non-hydrogen) atoms. The molecule has 1 fully saturated rings. The van der Waals surface area contributed by atoms with Gasteiger partial charge in [-0.2, -0.15) is 4.37 Å². The van der Waals surface area contributed by atoms with Crippen LogP contribution in [0.4, 0.5) is 5.13 Å². The fraction of sp³-hybridized carbons (Fsp3) is 0.667. The Morgan fingerprint density at radius 1 is 1.67 bits per heavy atom. The molecule has 1 aromatic rings. The number of carboxylic acid groups (broad SMARTS) is 1. The van der Waals surface area contributed by atoms with Crippen molar-refractivity contribution in [3.05, 3.63) is 5.82 Å². The zero-order valence-corrected chi connectivity index (χ0v) is 9.33. The second kappa shape index (κ2) is 4.14. The number of hydrogen-bond acceptors (Lipinski definition) is 5. The Morgan fingerprint density at radius 2 is 2.40 bits per heavy atom. The van der Waals surface area contributed by atoms with Gasteiger partial charge < -0.3 is 10.0 Å². The van der Waals surface area contributed by atoms with Crippen molar-refractivity contribution in [2.24, 2.45) is 5.92 Å². The molecule has 1 saturated heterocycles. The quantitative estimate of drug-likeness (QED) is 0.831. The third-order valence-corrected chi connectivity index (χ3v) is 3.28. The average molecular weight is 227 g/mol. The predicted octanol–water partition coefficient (Wildman–Crippen LogP) is 1.01. The van der Waals surface area contributed by atoms with Crippen LogP contribution in [0.15, 0.2) is 0 Å². The first kappa shape index (κ1) is 10.4. The summed E-state index contributed by atoms with van der Waals surface area (Å²) in [6.07, 6.45) is 1.11. The summed E-state index contributed by atoms with van der Waals surface area (Å²) >= 11 is 1.40. The largest absolute Gasteiger partial charge is 0.481 e. The fourth-order valence-corrected chi connectivity index (χ4v) is 2.39. The molecule has 82 valence electrons. The van der Waals surface area contributed by atoms with Gasteiger partial charge in [0.1, 0.15) is 5.82 Å². The highest BCUT2D eigenvalue weighted by molar-refractivity contribution is 7.09. The van der Waals surface area contributed by atoms with Gasteiger partial charge in [-0.1, -0.05) is 6.92 Å². The maximum Gasteiger partial charge on any atom is 0.303 e. The molecule has 0 saturated carbocycles. The summed E-state index contributed by atoms with van der Waals surface area (Å²) in [6, 6.07) is 0. The number of anilines is 1. The van der Waals surface area contributed by atoms with Gasteiger partial charge in [0.25, 0.3) is 0 Å². The maximum atomic E-state index is 10.5. The van der Waals surface area contributed by atoms with Crippen LogP contribution in [0.3, 0.4) is 0 Å². The molecule has 5 nitrogen and oxygen atoms in total. The molecule has 1 aliphatic heterocycles. The summed E-state index contributed by atoms with van der Waals surface area (Å²) in [5.41, 5.74) is 0. The normalized spacial score (nSPS) is 16.5. The van der Waals surface area contributed by atoms with Crippen LogP contribution in [0.2, 0.25) is 0 Å². The fourth-order valence-electron chi connectivity index (χ4n) is 1.62. The monoisotopic (exact) mass is 227 g/mol. The van der Waals surface area contributed by atoms with Gasteiger partial charge in [0, 0.05) is 37.0 Å². The molecule has 2 rings (SSSR count). The Balaban J connectivity index is 1.86. The number of aryl methyl sites for hydroxylation is 1. The molecule has 0 unspecified atom stereocenters. The lowest BCUT2D eigenvalue weighted by atomic mass is 9.97. The number of rotatable bonds is 4. The van der Waals surface area contributed by atoms with E-state index in [1.54, 1.807) is 0 Å². The molecule has 6 heteroatoms. The first-order valence-corrected chi connectivity index (χ1v) is 5.75. The minimum absolute atomic E-state index is 0.260. The summed E-state index contributed by atoms with van der Waals surface area (Å²) in [6.45, 7) is 3.62. The molecular formula is C9H13N3O2S. The Labute approximate surface area is 91.9 Å². The molecule has 0 aliphatic carbocycles. The molecule has 0 radical (unpaired) electrons. The number of carboxylic acids is 1. The van der Waals surface area contributed by atoms with Crippen molar-refractivity contribution in [2.45, 2.75) is 19.8 Å². The van der Waals surface area contributed by atoms with Gasteiger partial charge in [-0.05, 0) is 0 Å². The average Bonchev–Trinajstić information content (AvgIpc) is 2.58. The van der Waals surface area contributed by atoms with Crippen molar-refractivity contribution < 1.29 is 9.90 Å². The number of carbonyl (C=O) groups is 1. The summed E-state index contributed by atoms with van der Waals surface area (Å²) in [4.78, 5) is 16.9. The van der Waals surface area contributed by atoms with E-state index < -0.39 is 5.97 Å². The zero-order valence-electron chi connectivity index (χ0n) is 8.51. The van der Waals surface area contributed by atoms with E-state index in [4.69, 9.17) is 5.11 Å². The van der Waals surface area contributed by atoms with E-state index in [0.717, 1.165) is 30.5 Å². The minimum Gasteiger partial charge on any atom is -0.481 e. The van der Waals surface area contributed by atoms with Gasteiger partial charge in [0.15, 0.2) is 0 Å². The number of aromatic nitrogens is 2. The van der Waals surface area contributed by atoms with Gasteiger partial charge in [-0.15, -0.1) is 0 Å². The molecule has 0 bridgehead atoms. The number of nitrogens with zero attached hydrogens (tertiary/aromatic N) is 3. The second-order valence-electron chi connectivity index (χ2n) is 3.72. The second-order valence-corrected chi connectivity index (χ2v) is 4.45. The molecule has 0 aromatic carbocycles. The lowest BCUT2D eigenvalue weighted by molar-refractivity contribution is -0.138. The van der Waals surface area contributed by atoms with Crippen molar-refractivity contribution in [1.82, 2.24) is 9.36 Å². The van der Waals surface area contributed by atoms with Crippen molar-refractivity contribution >= 4 is 22.6 Å². The van der Waals surface area contributed by atoms with Crippen molar-refractivity contribution in [3.63, 3.8) is 0 Å². The highest BCUT2D eigenvalue weighted by Gasteiger charge is 2.30. The van der Waals surface area contributed by atoms with Gasteiger partial charge in [-0.3, -0.25) is 4.79 Å². The lowest BCUT2D eigenvalue weighted by Gasteiger charge is -2.37. The van der Waals surface area contributed by atoms with E-state index in [9.17, 15) is 4.79 Å². The third kappa shape index (κ3) is 2.26. The van der Waals surface area contributed by atoms with Gasteiger partial charge in [0.05, 0.1) is 6.42 Å². The first-order chi connectivity index (χ1) is 7.19. The van der Waals surface area contributed by atoms with Crippen molar-refractivity contribution in [1.29, 1.82) is 0 Å². The van der Waals surface area contributed by atoms with Crippen LogP contribution >= 0.6 is 11.5 Å². The summed E-state index contributed by atoms with van der Waals surface area (Å²) in [5, 5.41) is 9.53. The van der Waals surface area contributed by atoms with Crippen LogP contribution in [0.1, 0.15) is 19.2 Å². The van der Waals surface area contributed by atoms with Crippen LogP contribution in [-0.2, 0) is 11.2 Å². The van der Waals surface area contributed by atoms with Gasteiger partial charge >= 0.3 is 5.97 Å². The third-order valence-electron chi connectivity index (χ3n) is 2.46. The highest BCUT2D eigenvalue weighted by atomic mass is 32.1. The SMILES string of the molecule is CCc1nsc(N2CC(CC(=O)O)C2)n1. The van der Waals surface area contributed by atoms with Crippen molar-refractivity contribution in [3.8, 4) is 0 Å². The minimum atomic E-state index is -0.717. The van der Waals surface area contributed by atoms with E-state index >= 15 is 0 Å². The van der Waals surface area contributed by atoms with E-state index in [2.05, 4.69) is 14.3 Å². The topological polar surface area (TPSA) is 66.3 Å². The Morgan fingerprint density at radius 3 is 2.93 bits per heavy atom. The Hall–Kier alpha value is -1.17. The zero-order chi connectivity index (χ0) is 10.8. The molecule has 1 aromatic heterocycles. The van der Waals surface area contributed by atoms with Crippen LogP contribution in [-0.4, -0.2) is 33.5 Å². The van der Waals surface area contributed by atoms with Crippen molar-refractivity contribution in [2.75, 3.05) is 18.0 Å². The van der Waals surface area contributed by atoms with Crippen LogP contribution < -0.4 is 4.90 Å². The predicted molar refractivity (Wildman–Crippen MR) is 57.2 cm³/mol. The molecule has 1 aliphatic rings. The standard InChI is InChI=1S/C9H13N3O2S/c1-2-7-10-9(15-11-7)12-4-6(5-12)3-8(13)14/h6H,2-5H2,1H3,(H,13,14). The number of hydrogen-bond donors (Lipinski definition) is 1. The smallest absolute Gasteiger partial charge is 0.303 e. The Bertz CT molecular complexity index is 360. The van der Waals surface area contributed by atoms with E-state index in [0.29, 0.717) is 0 Å². The molecule has 2 heterocycles. The number of aliphatic carboxylic acids is 1. The molecular weight excluding hydrogens is 214 g/mol. The van der Waals surface area contributed by atoms with Gasteiger partial charge in [0.2, 0.25) is 5.13 Å². The molecule has 1 N–H and O–H groups in total. The maximum absolute atomic E-state index is 10.5. The van der Waals surface area contributed by atoms with Crippen LogP contribution in [0, 0.1) is 5.92 Å². The van der Waals surface area contributed by atoms with E-state index in [1.807, 2.05) is 6.92 Å². The summed E-state index contributed by atoms with van der Waals surface area (Å²) in [7, 11) is 0. The molecule has 0 amide bonds. The van der Waals surface area contributed by atoms with Crippen LogP contribution in [0.5, 0.6) is 0 Å². The molecule has 0 atom stereocenters. The lowest BCUT2D eigenvalue weighted by Crippen LogP contribution is -2.47.